The summed E-state index contributed by atoms with van der Waals surface area (Å²) >= 11 is 3.24. The zero-order valence-electron chi connectivity index (χ0n) is 11.9. The van der Waals surface area contributed by atoms with Gasteiger partial charge in [-0.1, -0.05) is 19.3 Å². The van der Waals surface area contributed by atoms with Gasteiger partial charge in [0.25, 0.3) is 0 Å². The predicted octanol–water partition coefficient (Wildman–Crippen LogP) is 3.19. The van der Waals surface area contributed by atoms with Crippen molar-refractivity contribution >= 4 is 28.1 Å². The average molecular weight is 355 g/mol. The van der Waals surface area contributed by atoms with Crippen LogP contribution in [0.25, 0.3) is 0 Å². The minimum absolute atomic E-state index is 0.0178. The molecule has 0 spiro atoms. The van der Waals surface area contributed by atoms with E-state index in [9.17, 15) is 9.90 Å². The molecule has 6 heteroatoms. The molecular formula is C15H19BrN2O3. The van der Waals surface area contributed by atoms with Crippen LogP contribution >= 0.6 is 15.9 Å². The van der Waals surface area contributed by atoms with Crippen molar-refractivity contribution in [3.8, 4) is 11.5 Å². The maximum absolute atomic E-state index is 11.9. The fraction of sp³-hybridized carbons (Fsp3) is 0.467. The summed E-state index contributed by atoms with van der Waals surface area (Å²) in [6.07, 6.45) is 6.87. The van der Waals surface area contributed by atoms with Crippen molar-refractivity contribution in [1.82, 2.24) is 5.43 Å². The quantitative estimate of drug-likeness (QED) is 0.644. The largest absolute Gasteiger partial charge is 0.503 e. The number of nitrogens with one attached hydrogen (secondary N) is 1. The van der Waals surface area contributed by atoms with Crippen LogP contribution in [0, 0.1) is 5.92 Å². The highest BCUT2D eigenvalue weighted by molar-refractivity contribution is 9.10. The summed E-state index contributed by atoms with van der Waals surface area (Å²) in [6, 6.07) is 3.35. The number of methoxy groups -OCH3 is 1. The lowest BCUT2D eigenvalue weighted by Gasteiger charge is -2.19. The number of hydrogen-bond acceptors (Lipinski definition) is 4. The van der Waals surface area contributed by atoms with Gasteiger partial charge in [-0.3, -0.25) is 4.79 Å². The second-order valence-corrected chi connectivity index (χ2v) is 5.98. The smallest absolute Gasteiger partial charge is 0.243 e. The van der Waals surface area contributed by atoms with Gasteiger partial charge in [0.1, 0.15) is 0 Å². The summed E-state index contributed by atoms with van der Waals surface area (Å²) in [4.78, 5) is 11.9. The van der Waals surface area contributed by atoms with Crippen molar-refractivity contribution in [1.29, 1.82) is 0 Å². The predicted molar refractivity (Wildman–Crippen MR) is 84.7 cm³/mol. The molecule has 1 saturated carbocycles. The lowest BCUT2D eigenvalue weighted by Crippen LogP contribution is -2.28. The number of halogens is 1. The summed E-state index contributed by atoms with van der Waals surface area (Å²) in [7, 11) is 1.48. The number of phenolic OH excluding ortho intramolecular Hbond substituents is 1. The highest BCUT2D eigenvalue weighted by Crippen LogP contribution is 2.34. The Morgan fingerprint density at radius 1 is 1.43 bits per heavy atom. The molecule has 114 valence electrons. The third kappa shape index (κ3) is 4.20. The van der Waals surface area contributed by atoms with E-state index in [1.807, 2.05) is 0 Å². The molecule has 1 aliphatic rings. The Hall–Kier alpha value is -1.56. The SMILES string of the molecule is COc1cc(/C=N/NC(=O)C2CCCCC2)cc(Br)c1O. The molecule has 1 aliphatic carbocycles. The number of phenols is 1. The average Bonchev–Trinajstić information content (AvgIpc) is 2.51. The van der Waals surface area contributed by atoms with Gasteiger partial charge >= 0.3 is 0 Å². The number of rotatable bonds is 4. The molecule has 0 saturated heterocycles. The molecule has 0 aliphatic heterocycles. The molecular weight excluding hydrogens is 336 g/mol. The van der Waals surface area contributed by atoms with Crippen LogP contribution in [-0.4, -0.2) is 24.3 Å². The maximum Gasteiger partial charge on any atom is 0.243 e. The van der Waals surface area contributed by atoms with Gasteiger partial charge in [0.15, 0.2) is 11.5 Å². The Labute approximate surface area is 132 Å². The van der Waals surface area contributed by atoms with Crippen LogP contribution in [0.15, 0.2) is 21.7 Å². The molecule has 0 atom stereocenters. The molecule has 1 aromatic rings. The van der Waals surface area contributed by atoms with Crippen LogP contribution in [0.4, 0.5) is 0 Å². The summed E-state index contributed by atoms with van der Waals surface area (Å²) < 4.78 is 5.58. The lowest BCUT2D eigenvalue weighted by atomic mass is 9.89. The number of carbonyl (C=O) groups excluding carboxylic acids is 1. The maximum atomic E-state index is 11.9. The van der Waals surface area contributed by atoms with Crippen molar-refractivity contribution in [2.75, 3.05) is 7.11 Å². The van der Waals surface area contributed by atoms with Crippen LogP contribution in [0.1, 0.15) is 37.7 Å². The number of amides is 1. The van der Waals surface area contributed by atoms with E-state index in [4.69, 9.17) is 4.74 Å². The summed E-state index contributed by atoms with van der Waals surface area (Å²) in [5.74, 6) is 0.457. The fourth-order valence-corrected chi connectivity index (χ4v) is 2.91. The van der Waals surface area contributed by atoms with Gasteiger partial charge < -0.3 is 9.84 Å². The summed E-state index contributed by atoms with van der Waals surface area (Å²) in [5.41, 5.74) is 3.31. The van der Waals surface area contributed by atoms with Crippen molar-refractivity contribution in [3.63, 3.8) is 0 Å². The molecule has 0 heterocycles. The van der Waals surface area contributed by atoms with Crippen LogP contribution < -0.4 is 10.2 Å². The molecule has 0 aromatic heterocycles. The Balaban J connectivity index is 1.97. The summed E-state index contributed by atoms with van der Waals surface area (Å²) in [6.45, 7) is 0. The van der Waals surface area contributed by atoms with E-state index in [-0.39, 0.29) is 17.6 Å². The first-order chi connectivity index (χ1) is 10.1. The van der Waals surface area contributed by atoms with E-state index in [1.54, 1.807) is 12.1 Å². The van der Waals surface area contributed by atoms with Crippen molar-refractivity contribution < 1.29 is 14.6 Å². The van der Waals surface area contributed by atoms with Crippen LogP contribution in [-0.2, 0) is 4.79 Å². The molecule has 2 rings (SSSR count). The van der Waals surface area contributed by atoms with E-state index in [0.29, 0.717) is 10.2 Å². The monoisotopic (exact) mass is 354 g/mol. The lowest BCUT2D eigenvalue weighted by molar-refractivity contribution is -0.125. The van der Waals surface area contributed by atoms with Gasteiger partial charge in [0, 0.05) is 5.92 Å². The van der Waals surface area contributed by atoms with Crippen molar-refractivity contribution in [2.45, 2.75) is 32.1 Å². The number of carbonyl (C=O) groups is 1. The van der Waals surface area contributed by atoms with Crippen LogP contribution in [0.5, 0.6) is 11.5 Å². The molecule has 0 unspecified atom stereocenters. The number of hydrazone groups is 1. The van der Waals surface area contributed by atoms with Crippen molar-refractivity contribution in [2.24, 2.45) is 11.0 Å². The Bertz CT molecular complexity index is 540. The topological polar surface area (TPSA) is 70.9 Å². The highest BCUT2D eigenvalue weighted by atomic mass is 79.9. The molecule has 5 nitrogen and oxygen atoms in total. The second kappa shape index (κ2) is 7.45. The first kappa shape index (κ1) is 15.8. The standard InChI is InChI=1S/C15H19BrN2O3/c1-21-13-8-10(7-12(16)14(13)19)9-17-18-15(20)11-5-3-2-4-6-11/h7-9,11,19H,2-6H2,1H3,(H,18,20)/b17-9+. The minimum atomic E-state index is -0.0178. The first-order valence-corrected chi connectivity index (χ1v) is 7.80. The highest BCUT2D eigenvalue weighted by Gasteiger charge is 2.20. The number of hydrogen-bond donors (Lipinski definition) is 2. The Kier molecular flexibility index (Phi) is 5.61. The van der Waals surface area contributed by atoms with Gasteiger partial charge in [-0.15, -0.1) is 0 Å². The molecule has 0 radical (unpaired) electrons. The fourth-order valence-electron chi connectivity index (χ4n) is 2.45. The van der Waals surface area contributed by atoms with Crippen LogP contribution in [0.2, 0.25) is 0 Å². The normalized spacial score (nSPS) is 16.1. The summed E-state index contributed by atoms with van der Waals surface area (Å²) in [5, 5.41) is 13.7. The van der Waals surface area contributed by atoms with Gasteiger partial charge in [0.2, 0.25) is 5.91 Å². The molecule has 21 heavy (non-hydrogen) atoms. The first-order valence-electron chi connectivity index (χ1n) is 7.01. The Morgan fingerprint density at radius 3 is 2.81 bits per heavy atom. The minimum Gasteiger partial charge on any atom is -0.503 e. The van der Waals surface area contributed by atoms with Crippen molar-refractivity contribution in [3.05, 3.63) is 22.2 Å². The Morgan fingerprint density at radius 2 is 2.14 bits per heavy atom. The van der Waals surface area contributed by atoms with Gasteiger partial charge in [0.05, 0.1) is 17.8 Å². The molecule has 1 aromatic carbocycles. The number of nitrogens with zero attached hydrogens (tertiary/aromatic N) is 1. The molecule has 1 fully saturated rings. The van der Waals surface area contributed by atoms with E-state index < -0.39 is 0 Å². The number of ether oxygens (including phenoxy) is 1. The van der Waals surface area contributed by atoms with E-state index in [2.05, 4.69) is 26.5 Å². The van der Waals surface area contributed by atoms with E-state index >= 15 is 0 Å². The third-order valence-electron chi connectivity index (χ3n) is 3.64. The van der Waals surface area contributed by atoms with Crippen LogP contribution in [0.3, 0.4) is 0 Å². The van der Waals surface area contributed by atoms with E-state index in [0.717, 1.165) is 31.2 Å². The molecule has 1 amide bonds. The van der Waals surface area contributed by atoms with Gasteiger partial charge in [-0.05, 0) is 46.5 Å². The molecule has 2 N–H and O–H groups in total. The number of aromatic hydroxyl groups is 1. The molecule has 0 bridgehead atoms. The zero-order valence-corrected chi connectivity index (χ0v) is 13.5. The number of benzene rings is 1. The van der Waals surface area contributed by atoms with E-state index in [1.165, 1.54) is 19.7 Å². The zero-order chi connectivity index (χ0) is 15.2. The third-order valence-corrected chi connectivity index (χ3v) is 4.24. The van der Waals surface area contributed by atoms with Gasteiger partial charge in [-0.25, -0.2) is 5.43 Å². The van der Waals surface area contributed by atoms with Gasteiger partial charge in [-0.2, -0.15) is 5.10 Å². The second-order valence-electron chi connectivity index (χ2n) is 5.12.